The van der Waals surface area contributed by atoms with E-state index < -0.39 is 6.10 Å². The minimum absolute atomic E-state index is 0.226. The zero-order valence-electron chi connectivity index (χ0n) is 15.2. The van der Waals surface area contributed by atoms with Crippen LogP contribution in [0.3, 0.4) is 0 Å². The van der Waals surface area contributed by atoms with Crippen LogP contribution in [0.25, 0.3) is 0 Å². The van der Waals surface area contributed by atoms with Crippen molar-refractivity contribution in [2.75, 3.05) is 26.2 Å². The van der Waals surface area contributed by atoms with E-state index in [9.17, 15) is 5.11 Å². The van der Waals surface area contributed by atoms with Gasteiger partial charge in [-0.3, -0.25) is 4.90 Å². The molecule has 0 saturated carbocycles. The van der Waals surface area contributed by atoms with Crippen LogP contribution in [0.15, 0.2) is 0 Å². The first kappa shape index (κ1) is 18.8. The molecule has 0 spiro atoms. The molecule has 1 fully saturated rings. The van der Waals surface area contributed by atoms with E-state index >= 15 is 0 Å². The van der Waals surface area contributed by atoms with Gasteiger partial charge in [-0.15, -0.1) is 11.3 Å². The third-order valence-electron chi connectivity index (χ3n) is 4.31. The first-order valence-corrected chi connectivity index (χ1v) is 9.24. The fourth-order valence-electron chi connectivity index (χ4n) is 2.98. The molecule has 0 amide bonds. The number of thiazole rings is 1. The number of aliphatic hydroxyl groups is 1. The summed E-state index contributed by atoms with van der Waals surface area (Å²) in [5, 5.41) is 14.9. The molecule has 3 atom stereocenters. The van der Waals surface area contributed by atoms with Crippen LogP contribution in [0, 0.1) is 13.8 Å². The lowest BCUT2D eigenvalue weighted by molar-refractivity contribution is -0.0764. The van der Waals surface area contributed by atoms with Crippen molar-refractivity contribution in [2.45, 2.75) is 65.4 Å². The lowest BCUT2D eigenvalue weighted by Crippen LogP contribution is -2.50. The predicted molar refractivity (Wildman–Crippen MR) is 95.1 cm³/mol. The van der Waals surface area contributed by atoms with Crippen LogP contribution in [0.5, 0.6) is 0 Å². The van der Waals surface area contributed by atoms with Crippen LogP contribution < -0.4 is 5.32 Å². The number of aromatic nitrogens is 1. The van der Waals surface area contributed by atoms with Crippen molar-refractivity contribution in [3.63, 3.8) is 0 Å². The van der Waals surface area contributed by atoms with E-state index in [1.165, 1.54) is 4.88 Å². The van der Waals surface area contributed by atoms with Crippen molar-refractivity contribution in [1.82, 2.24) is 15.2 Å². The summed E-state index contributed by atoms with van der Waals surface area (Å²) < 4.78 is 5.74. The van der Waals surface area contributed by atoms with Gasteiger partial charge < -0.3 is 15.2 Å². The van der Waals surface area contributed by atoms with Crippen molar-refractivity contribution in [3.05, 3.63) is 15.6 Å². The van der Waals surface area contributed by atoms with Crippen LogP contribution in [-0.2, 0) is 10.3 Å². The summed E-state index contributed by atoms with van der Waals surface area (Å²) in [6.45, 7) is 15.6. The third-order valence-corrected chi connectivity index (χ3v) is 5.70. The van der Waals surface area contributed by atoms with Gasteiger partial charge >= 0.3 is 0 Å². The Morgan fingerprint density at radius 2 is 1.96 bits per heavy atom. The largest absolute Gasteiger partial charge is 0.390 e. The Morgan fingerprint density at radius 3 is 2.48 bits per heavy atom. The zero-order chi connectivity index (χ0) is 17.2. The summed E-state index contributed by atoms with van der Waals surface area (Å²) >= 11 is 1.73. The number of nitrogens with one attached hydrogen (secondary N) is 1. The maximum Gasteiger partial charge on any atom is 0.113 e. The van der Waals surface area contributed by atoms with Gasteiger partial charge in [-0.2, -0.15) is 0 Å². The molecule has 0 bridgehead atoms. The summed E-state index contributed by atoms with van der Waals surface area (Å²) in [6.07, 6.45) is 0.0715. The molecule has 1 aliphatic heterocycles. The zero-order valence-corrected chi connectivity index (χ0v) is 16.0. The van der Waals surface area contributed by atoms with Gasteiger partial charge in [0.15, 0.2) is 0 Å². The average Bonchev–Trinajstić information content (AvgIpc) is 2.76. The quantitative estimate of drug-likeness (QED) is 0.829. The molecule has 0 aliphatic carbocycles. The van der Waals surface area contributed by atoms with Crippen LogP contribution >= 0.6 is 11.3 Å². The molecule has 3 unspecified atom stereocenters. The topological polar surface area (TPSA) is 57.6 Å². The Hall–Kier alpha value is -0.530. The first-order chi connectivity index (χ1) is 10.7. The van der Waals surface area contributed by atoms with Crippen LogP contribution in [0.1, 0.15) is 43.3 Å². The molecule has 1 aromatic rings. The third kappa shape index (κ3) is 5.22. The van der Waals surface area contributed by atoms with Crippen molar-refractivity contribution in [1.29, 1.82) is 0 Å². The van der Waals surface area contributed by atoms with E-state index in [1.807, 2.05) is 6.92 Å². The van der Waals surface area contributed by atoms with Crippen LogP contribution in [0.4, 0.5) is 0 Å². The van der Waals surface area contributed by atoms with E-state index in [4.69, 9.17) is 4.74 Å². The number of hydrogen-bond acceptors (Lipinski definition) is 6. The lowest BCUT2D eigenvalue weighted by Gasteiger charge is -2.36. The summed E-state index contributed by atoms with van der Waals surface area (Å²) in [7, 11) is 0. The second-order valence-corrected chi connectivity index (χ2v) is 8.50. The first-order valence-electron chi connectivity index (χ1n) is 8.42. The van der Waals surface area contributed by atoms with Gasteiger partial charge in [-0.05, 0) is 41.5 Å². The normalized spacial score (nSPS) is 24.8. The molecule has 2 heterocycles. The average molecular weight is 342 g/mol. The van der Waals surface area contributed by atoms with Crippen molar-refractivity contribution in [3.8, 4) is 0 Å². The summed E-state index contributed by atoms with van der Waals surface area (Å²) in [6, 6.07) is 0. The molecular weight excluding hydrogens is 310 g/mol. The molecule has 1 saturated heterocycles. The molecule has 6 heteroatoms. The molecule has 132 valence electrons. The van der Waals surface area contributed by atoms with Gasteiger partial charge in [-0.25, -0.2) is 4.98 Å². The van der Waals surface area contributed by atoms with Gasteiger partial charge in [0.05, 0.1) is 29.5 Å². The molecule has 23 heavy (non-hydrogen) atoms. The van der Waals surface area contributed by atoms with E-state index in [1.54, 1.807) is 11.3 Å². The summed E-state index contributed by atoms with van der Waals surface area (Å²) in [4.78, 5) is 8.19. The van der Waals surface area contributed by atoms with Gasteiger partial charge in [0, 0.05) is 31.1 Å². The highest BCUT2D eigenvalue weighted by Gasteiger charge is 2.27. The Kier molecular flexibility index (Phi) is 6.19. The highest BCUT2D eigenvalue weighted by Crippen LogP contribution is 2.27. The SMILES string of the molecule is Cc1nc(C(C)(C)NCC(O)CN2CC(C)OC(C)C2)sc1C. The molecule has 1 aliphatic rings. The molecule has 0 aromatic carbocycles. The number of rotatable bonds is 6. The summed E-state index contributed by atoms with van der Waals surface area (Å²) in [5.41, 5.74) is 0.868. The smallest absolute Gasteiger partial charge is 0.113 e. The van der Waals surface area contributed by atoms with Crippen LogP contribution in [-0.4, -0.2) is 59.5 Å². The summed E-state index contributed by atoms with van der Waals surface area (Å²) in [5.74, 6) is 0. The Bertz CT molecular complexity index is 488. The van der Waals surface area contributed by atoms with Crippen molar-refractivity contribution < 1.29 is 9.84 Å². The number of aliphatic hydroxyl groups excluding tert-OH is 1. The van der Waals surface area contributed by atoms with E-state index in [0.29, 0.717) is 13.1 Å². The molecule has 2 N–H and O–H groups in total. The molecule has 5 nitrogen and oxygen atoms in total. The minimum atomic E-state index is -0.395. The number of nitrogens with zero attached hydrogens (tertiary/aromatic N) is 2. The van der Waals surface area contributed by atoms with E-state index in [-0.39, 0.29) is 17.7 Å². The number of aryl methyl sites for hydroxylation is 2. The standard InChI is InChI=1S/C17H31N3O2S/c1-11-8-20(9-12(2)22-11)10-15(21)7-18-17(5,6)16-19-13(3)14(4)23-16/h11-12,15,18,21H,7-10H2,1-6H3. The van der Waals surface area contributed by atoms with Gasteiger partial charge in [0.2, 0.25) is 0 Å². The molecular formula is C17H31N3O2S. The second-order valence-electron chi connectivity index (χ2n) is 7.30. The Labute approximate surface area is 144 Å². The number of β-amino-alcohol motifs (C(OH)–C–C–N with tert-alkyl or cyclic N) is 1. The monoisotopic (exact) mass is 341 g/mol. The minimum Gasteiger partial charge on any atom is -0.390 e. The van der Waals surface area contributed by atoms with E-state index in [0.717, 1.165) is 23.8 Å². The Balaban J connectivity index is 1.84. The highest BCUT2D eigenvalue weighted by molar-refractivity contribution is 7.11. The lowest BCUT2D eigenvalue weighted by atomic mass is 10.1. The molecule has 2 rings (SSSR count). The number of morpholine rings is 1. The molecule has 0 radical (unpaired) electrons. The predicted octanol–water partition coefficient (Wildman–Crippen LogP) is 2.05. The maximum atomic E-state index is 10.4. The van der Waals surface area contributed by atoms with Gasteiger partial charge in [0.25, 0.3) is 0 Å². The maximum absolute atomic E-state index is 10.4. The second kappa shape index (κ2) is 7.57. The van der Waals surface area contributed by atoms with Crippen LogP contribution in [0.2, 0.25) is 0 Å². The molecule has 1 aromatic heterocycles. The van der Waals surface area contributed by atoms with Crippen molar-refractivity contribution >= 4 is 11.3 Å². The number of hydrogen-bond donors (Lipinski definition) is 2. The fourth-order valence-corrected chi connectivity index (χ4v) is 3.98. The highest BCUT2D eigenvalue weighted by atomic mass is 32.1. The van der Waals surface area contributed by atoms with Crippen molar-refractivity contribution in [2.24, 2.45) is 0 Å². The van der Waals surface area contributed by atoms with Gasteiger partial charge in [0.1, 0.15) is 5.01 Å². The number of ether oxygens (including phenoxy) is 1. The Morgan fingerprint density at radius 1 is 1.35 bits per heavy atom. The van der Waals surface area contributed by atoms with Gasteiger partial charge in [-0.1, -0.05) is 0 Å². The fraction of sp³-hybridized carbons (Fsp3) is 0.824. The van der Waals surface area contributed by atoms with E-state index in [2.05, 4.69) is 49.8 Å².